The number of aliphatic hydroxyl groups excluding tert-OH is 1. The lowest BCUT2D eigenvalue weighted by Crippen LogP contribution is -2.25. The molecule has 0 radical (unpaired) electrons. The fourth-order valence-electron chi connectivity index (χ4n) is 1.91. The van der Waals surface area contributed by atoms with E-state index in [2.05, 4.69) is 18.3 Å². The van der Waals surface area contributed by atoms with Crippen LogP contribution in [0.25, 0.3) is 0 Å². The van der Waals surface area contributed by atoms with Crippen LogP contribution in [-0.4, -0.2) is 17.8 Å². The third-order valence-electron chi connectivity index (χ3n) is 3.31. The topological polar surface area (TPSA) is 45.4 Å². The van der Waals surface area contributed by atoms with Crippen molar-refractivity contribution in [2.24, 2.45) is 5.92 Å². The molecule has 1 aromatic heterocycles. The smallest absolute Gasteiger partial charge is 0.117 e. The molecule has 0 aliphatic heterocycles. The Hall–Kier alpha value is -0.800. The number of hydrogen-bond donors (Lipinski definition) is 2. The minimum Gasteiger partial charge on any atom is -0.464 e. The van der Waals surface area contributed by atoms with Crippen LogP contribution in [0, 0.1) is 5.92 Å². The average Bonchev–Trinajstić information content (AvgIpc) is 2.82. The highest BCUT2D eigenvalue weighted by Gasteiger charge is 2.36. The first-order valence-electron chi connectivity index (χ1n) is 6.18. The van der Waals surface area contributed by atoms with Crippen molar-refractivity contribution in [3.63, 3.8) is 0 Å². The van der Waals surface area contributed by atoms with Gasteiger partial charge in [0, 0.05) is 12.5 Å². The molecule has 3 atom stereocenters. The summed E-state index contributed by atoms with van der Waals surface area (Å²) in [6.07, 6.45) is 1.79. The standard InChI is InChI=1S/C13H21NO2/c1-3-10(15)7-14-8-11-4-5-13(16-11)12-6-9(12)2/h4-5,9-10,12,14-15H,3,6-8H2,1-2H3. The second-order valence-electron chi connectivity index (χ2n) is 4.82. The van der Waals surface area contributed by atoms with Gasteiger partial charge in [-0.25, -0.2) is 0 Å². The summed E-state index contributed by atoms with van der Waals surface area (Å²) in [5.41, 5.74) is 0. The number of hydrogen-bond acceptors (Lipinski definition) is 3. The van der Waals surface area contributed by atoms with Gasteiger partial charge in [0.25, 0.3) is 0 Å². The molecule has 1 heterocycles. The van der Waals surface area contributed by atoms with E-state index in [0.29, 0.717) is 19.0 Å². The zero-order valence-corrected chi connectivity index (χ0v) is 10.1. The molecule has 90 valence electrons. The van der Waals surface area contributed by atoms with Crippen LogP contribution in [0.15, 0.2) is 16.5 Å². The summed E-state index contributed by atoms with van der Waals surface area (Å²) in [6.45, 7) is 5.57. The zero-order chi connectivity index (χ0) is 11.5. The van der Waals surface area contributed by atoms with Gasteiger partial charge in [-0.2, -0.15) is 0 Å². The summed E-state index contributed by atoms with van der Waals surface area (Å²) < 4.78 is 5.75. The Balaban J connectivity index is 1.75. The molecule has 3 unspecified atom stereocenters. The molecule has 0 spiro atoms. The maximum Gasteiger partial charge on any atom is 0.117 e. The van der Waals surface area contributed by atoms with Crippen LogP contribution in [-0.2, 0) is 6.54 Å². The Labute approximate surface area is 96.8 Å². The lowest BCUT2D eigenvalue weighted by Gasteiger charge is -2.07. The van der Waals surface area contributed by atoms with Crippen molar-refractivity contribution in [1.29, 1.82) is 0 Å². The van der Waals surface area contributed by atoms with E-state index in [1.165, 1.54) is 6.42 Å². The second kappa shape index (κ2) is 5.02. The van der Waals surface area contributed by atoms with Crippen LogP contribution in [0.3, 0.4) is 0 Å². The second-order valence-corrected chi connectivity index (χ2v) is 4.82. The maximum absolute atomic E-state index is 9.38. The quantitative estimate of drug-likeness (QED) is 0.777. The van der Waals surface area contributed by atoms with Crippen LogP contribution in [0.4, 0.5) is 0 Å². The summed E-state index contributed by atoms with van der Waals surface area (Å²) in [4.78, 5) is 0. The summed E-state index contributed by atoms with van der Waals surface area (Å²) in [5.74, 6) is 3.53. The van der Waals surface area contributed by atoms with Gasteiger partial charge in [-0.1, -0.05) is 13.8 Å². The van der Waals surface area contributed by atoms with Crippen LogP contribution in [0.1, 0.15) is 44.1 Å². The molecule has 3 heteroatoms. The van der Waals surface area contributed by atoms with Gasteiger partial charge in [-0.05, 0) is 30.9 Å². The SMILES string of the molecule is CCC(O)CNCc1ccc(C2CC2C)o1. The van der Waals surface area contributed by atoms with Crippen molar-refractivity contribution >= 4 is 0 Å². The van der Waals surface area contributed by atoms with Gasteiger partial charge >= 0.3 is 0 Å². The highest BCUT2D eigenvalue weighted by Crippen LogP contribution is 2.47. The lowest BCUT2D eigenvalue weighted by atomic mass is 10.2. The van der Waals surface area contributed by atoms with Crippen molar-refractivity contribution in [3.8, 4) is 0 Å². The molecule has 2 rings (SSSR count). The van der Waals surface area contributed by atoms with Crippen molar-refractivity contribution in [1.82, 2.24) is 5.32 Å². The van der Waals surface area contributed by atoms with Crippen LogP contribution < -0.4 is 5.32 Å². The average molecular weight is 223 g/mol. The molecule has 1 fully saturated rings. The van der Waals surface area contributed by atoms with E-state index in [1.807, 2.05) is 13.0 Å². The number of rotatable bonds is 6. The summed E-state index contributed by atoms with van der Waals surface area (Å²) in [6, 6.07) is 4.12. The molecule has 1 aromatic rings. The predicted octanol–water partition coefficient (Wildman–Crippen LogP) is 2.26. The fourth-order valence-corrected chi connectivity index (χ4v) is 1.91. The maximum atomic E-state index is 9.38. The molecule has 1 saturated carbocycles. The Morgan fingerprint density at radius 2 is 2.31 bits per heavy atom. The van der Waals surface area contributed by atoms with Gasteiger partial charge in [0.2, 0.25) is 0 Å². The van der Waals surface area contributed by atoms with Crippen molar-refractivity contribution in [3.05, 3.63) is 23.7 Å². The van der Waals surface area contributed by atoms with E-state index in [0.717, 1.165) is 23.9 Å². The molecule has 3 nitrogen and oxygen atoms in total. The Kier molecular flexibility index (Phi) is 3.66. The van der Waals surface area contributed by atoms with Crippen molar-refractivity contribution in [2.45, 2.75) is 45.3 Å². The van der Waals surface area contributed by atoms with E-state index < -0.39 is 0 Å². The molecule has 0 bridgehead atoms. The minimum absolute atomic E-state index is 0.252. The van der Waals surface area contributed by atoms with Crippen LogP contribution >= 0.6 is 0 Å². The molecule has 0 saturated heterocycles. The van der Waals surface area contributed by atoms with Crippen molar-refractivity contribution < 1.29 is 9.52 Å². The predicted molar refractivity (Wildman–Crippen MR) is 63.2 cm³/mol. The molecule has 0 aromatic carbocycles. The van der Waals surface area contributed by atoms with Gasteiger partial charge in [0.05, 0.1) is 12.6 Å². The Morgan fingerprint density at radius 3 is 2.94 bits per heavy atom. The van der Waals surface area contributed by atoms with Crippen LogP contribution in [0.5, 0.6) is 0 Å². The molecular formula is C13H21NO2. The molecule has 1 aliphatic rings. The number of aliphatic hydroxyl groups is 1. The highest BCUT2D eigenvalue weighted by atomic mass is 16.3. The fraction of sp³-hybridized carbons (Fsp3) is 0.692. The lowest BCUT2D eigenvalue weighted by molar-refractivity contribution is 0.166. The Bertz CT molecular complexity index is 334. The molecular weight excluding hydrogens is 202 g/mol. The summed E-state index contributed by atoms with van der Waals surface area (Å²) in [5, 5.41) is 12.6. The molecule has 0 amide bonds. The first kappa shape index (κ1) is 11.7. The van der Waals surface area contributed by atoms with Gasteiger partial charge in [0.15, 0.2) is 0 Å². The monoisotopic (exact) mass is 223 g/mol. The van der Waals surface area contributed by atoms with Crippen LogP contribution in [0.2, 0.25) is 0 Å². The van der Waals surface area contributed by atoms with E-state index in [-0.39, 0.29) is 6.10 Å². The third kappa shape index (κ3) is 2.86. The number of nitrogens with one attached hydrogen (secondary N) is 1. The number of furan rings is 1. The highest BCUT2D eigenvalue weighted by molar-refractivity contribution is 5.17. The Morgan fingerprint density at radius 1 is 1.56 bits per heavy atom. The molecule has 2 N–H and O–H groups in total. The minimum atomic E-state index is -0.252. The first-order valence-corrected chi connectivity index (χ1v) is 6.18. The third-order valence-corrected chi connectivity index (χ3v) is 3.31. The normalized spacial score (nSPS) is 25.7. The molecule has 16 heavy (non-hydrogen) atoms. The van der Waals surface area contributed by atoms with E-state index in [4.69, 9.17) is 4.42 Å². The van der Waals surface area contributed by atoms with E-state index in [1.54, 1.807) is 0 Å². The van der Waals surface area contributed by atoms with E-state index in [9.17, 15) is 5.11 Å². The zero-order valence-electron chi connectivity index (χ0n) is 10.1. The van der Waals surface area contributed by atoms with Gasteiger partial charge in [-0.3, -0.25) is 0 Å². The van der Waals surface area contributed by atoms with Gasteiger partial charge in [0.1, 0.15) is 11.5 Å². The van der Waals surface area contributed by atoms with Gasteiger partial charge in [-0.15, -0.1) is 0 Å². The largest absolute Gasteiger partial charge is 0.464 e. The van der Waals surface area contributed by atoms with Crippen molar-refractivity contribution in [2.75, 3.05) is 6.54 Å². The van der Waals surface area contributed by atoms with E-state index >= 15 is 0 Å². The first-order chi connectivity index (χ1) is 7.70. The van der Waals surface area contributed by atoms with Gasteiger partial charge < -0.3 is 14.8 Å². The summed E-state index contributed by atoms with van der Waals surface area (Å²) in [7, 11) is 0. The summed E-state index contributed by atoms with van der Waals surface area (Å²) >= 11 is 0. The molecule has 1 aliphatic carbocycles.